The van der Waals surface area contributed by atoms with Gasteiger partial charge < -0.3 is 25.8 Å². The Morgan fingerprint density at radius 2 is 2.03 bits per heavy atom. The summed E-state index contributed by atoms with van der Waals surface area (Å²) in [7, 11) is 0. The Hall–Kier alpha value is -3.23. The molecule has 0 bridgehead atoms. The summed E-state index contributed by atoms with van der Waals surface area (Å²) in [6.45, 7) is 4.17. The minimum atomic E-state index is -1.02. The van der Waals surface area contributed by atoms with E-state index in [4.69, 9.17) is 0 Å². The number of aliphatic hydroxyl groups excluding tert-OH is 2. The summed E-state index contributed by atoms with van der Waals surface area (Å²) in [6, 6.07) is 9.75. The minimum Gasteiger partial charge on any atom is -0.394 e. The molecule has 1 aromatic carbocycles. The van der Waals surface area contributed by atoms with Gasteiger partial charge in [0.2, 0.25) is 5.95 Å². The number of carbonyl (C=O) groups excluding carboxylic acids is 1. The highest BCUT2D eigenvalue weighted by Gasteiger charge is 2.23. The summed E-state index contributed by atoms with van der Waals surface area (Å²) in [5, 5.41) is 25.9. The Morgan fingerprint density at radius 3 is 2.72 bits per heavy atom. The van der Waals surface area contributed by atoms with E-state index in [9.17, 15) is 15.0 Å². The predicted octanol–water partition coefficient (Wildman–Crippen LogP) is 2.04. The van der Waals surface area contributed by atoms with E-state index in [1.807, 2.05) is 19.9 Å². The van der Waals surface area contributed by atoms with Gasteiger partial charge in [-0.1, -0.05) is 30.3 Å². The third-order valence-corrected chi connectivity index (χ3v) is 4.54. The molecule has 0 aliphatic rings. The van der Waals surface area contributed by atoms with Crippen molar-refractivity contribution in [2.45, 2.75) is 26.0 Å². The molecule has 0 spiro atoms. The number of aryl methyl sites for hydroxylation is 1. The van der Waals surface area contributed by atoms with Crippen LogP contribution in [0.3, 0.4) is 0 Å². The van der Waals surface area contributed by atoms with Crippen molar-refractivity contribution in [3.05, 3.63) is 65.6 Å². The summed E-state index contributed by atoms with van der Waals surface area (Å²) in [5.74, 6) is 0.0931. The molecule has 0 saturated heterocycles. The van der Waals surface area contributed by atoms with Crippen LogP contribution in [0.2, 0.25) is 0 Å². The quantitative estimate of drug-likeness (QED) is 0.398. The van der Waals surface area contributed by atoms with E-state index in [0.29, 0.717) is 29.4 Å². The number of amides is 1. The summed E-state index contributed by atoms with van der Waals surface area (Å²) in [6.07, 6.45) is 2.40. The fourth-order valence-corrected chi connectivity index (χ4v) is 2.99. The highest BCUT2D eigenvalue weighted by molar-refractivity contribution is 5.94. The molecule has 0 fully saturated rings. The number of anilines is 1. The van der Waals surface area contributed by atoms with Crippen LogP contribution in [0.15, 0.2) is 48.8 Å². The van der Waals surface area contributed by atoms with Crippen LogP contribution in [0.1, 0.15) is 34.6 Å². The van der Waals surface area contributed by atoms with Crippen molar-refractivity contribution in [1.82, 2.24) is 20.3 Å². The second-order valence-corrected chi connectivity index (χ2v) is 6.68. The lowest BCUT2D eigenvalue weighted by atomic mass is 10.0. The lowest BCUT2D eigenvalue weighted by molar-refractivity contribution is 0.0700. The van der Waals surface area contributed by atoms with Gasteiger partial charge in [-0.2, -0.15) is 0 Å². The van der Waals surface area contributed by atoms with Crippen LogP contribution < -0.4 is 10.6 Å². The normalized spacial score (nSPS) is 13.0. The second kappa shape index (κ2) is 9.31. The average Bonchev–Trinajstić information content (AvgIpc) is 3.24. The molecular weight excluding hydrogens is 370 g/mol. The first-order valence-electron chi connectivity index (χ1n) is 9.44. The van der Waals surface area contributed by atoms with Gasteiger partial charge in [0.25, 0.3) is 5.91 Å². The predicted molar refractivity (Wildman–Crippen MR) is 110 cm³/mol. The number of rotatable bonds is 8. The molecule has 3 aromatic rings. The third-order valence-electron chi connectivity index (χ3n) is 4.54. The number of aromatic amines is 1. The van der Waals surface area contributed by atoms with E-state index in [2.05, 4.69) is 25.6 Å². The van der Waals surface area contributed by atoms with E-state index >= 15 is 0 Å². The van der Waals surface area contributed by atoms with Crippen LogP contribution in [0.5, 0.6) is 0 Å². The number of hydrogen-bond acceptors (Lipinski definition) is 6. The van der Waals surface area contributed by atoms with Gasteiger partial charge in [-0.25, -0.2) is 9.97 Å². The van der Waals surface area contributed by atoms with Crippen LogP contribution in [0.4, 0.5) is 5.95 Å². The molecule has 0 aliphatic carbocycles. The average molecular weight is 395 g/mol. The van der Waals surface area contributed by atoms with Gasteiger partial charge in [0.15, 0.2) is 0 Å². The topological polar surface area (TPSA) is 123 Å². The van der Waals surface area contributed by atoms with Crippen LogP contribution in [0.25, 0.3) is 11.3 Å². The van der Waals surface area contributed by atoms with Gasteiger partial charge in [0.1, 0.15) is 11.8 Å². The smallest absolute Gasteiger partial charge is 0.268 e. The van der Waals surface area contributed by atoms with E-state index in [1.165, 1.54) is 0 Å². The van der Waals surface area contributed by atoms with Gasteiger partial charge in [-0.15, -0.1) is 0 Å². The van der Waals surface area contributed by atoms with Crippen LogP contribution >= 0.6 is 0 Å². The van der Waals surface area contributed by atoms with Crippen LogP contribution in [-0.4, -0.2) is 50.3 Å². The molecular formula is C21H25N5O3. The molecule has 3 rings (SSSR count). The Morgan fingerprint density at radius 1 is 1.28 bits per heavy atom. The molecule has 1 amide bonds. The SMILES string of the molecule is CCNc1ncc(C)c(-c2c[nH]c(C(=O)NC(CO)C(O)c3ccccc3)c2)n1. The Labute approximate surface area is 169 Å². The fraction of sp³-hybridized carbons (Fsp3) is 0.286. The zero-order valence-electron chi connectivity index (χ0n) is 16.4. The number of aliphatic hydroxyl groups is 2. The Balaban J connectivity index is 1.76. The van der Waals surface area contributed by atoms with Crippen molar-refractivity contribution in [2.24, 2.45) is 0 Å². The maximum absolute atomic E-state index is 12.6. The van der Waals surface area contributed by atoms with Crippen molar-refractivity contribution in [2.75, 3.05) is 18.5 Å². The summed E-state index contributed by atoms with van der Waals surface area (Å²) in [5.41, 5.74) is 3.27. The Kier molecular flexibility index (Phi) is 6.58. The molecule has 0 radical (unpaired) electrons. The summed E-state index contributed by atoms with van der Waals surface area (Å²) < 4.78 is 0. The monoisotopic (exact) mass is 395 g/mol. The molecule has 29 heavy (non-hydrogen) atoms. The molecule has 2 unspecified atom stereocenters. The number of H-pyrrole nitrogens is 1. The Bertz CT molecular complexity index is 958. The highest BCUT2D eigenvalue weighted by Crippen LogP contribution is 2.23. The highest BCUT2D eigenvalue weighted by atomic mass is 16.3. The fourth-order valence-electron chi connectivity index (χ4n) is 2.99. The van der Waals surface area contributed by atoms with Crippen molar-refractivity contribution < 1.29 is 15.0 Å². The largest absolute Gasteiger partial charge is 0.394 e. The molecule has 152 valence electrons. The molecule has 0 aliphatic heterocycles. The molecule has 8 heteroatoms. The molecule has 0 saturated carbocycles. The van der Waals surface area contributed by atoms with Crippen LogP contribution in [-0.2, 0) is 0 Å². The summed E-state index contributed by atoms with van der Waals surface area (Å²) >= 11 is 0. The lowest BCUT2D eigenvalue weighted by Gasteiger charge is -2.22. The van der Waals surface area contributed by atoms with Crippen molar-refractivity contribution >= 4 is 11.9 Å². The van der Waals surface area contributed by atoms with Crippen LogP contribution in [0, 0.1) is 6.92 Å². The van der Waals surface area contributed by atoms with E-state index < -0.39 is 24.7 Å². The second-order valence-electron chi connectivity index (χ2n) is 6.68. The molecule has 2 aromatic heterocycles. The van der Waals surface area contributed by atoms with E-state index in [1.54, 1.807) is 42.7 Å². The number of aromatic nitrogens is 3. The first kappa shape index (κ1) is 20.5. The maximum Gasteiger partial charge on any atom is 0.268 e. The first-order chi connectivity index (χ1) is 14.0. The standard InChI is InChI=1S/C21H25N5O3/c1-3-22-21-24-10-13(2)18(26-21)15-9-16(23-11-15)20(29)25-17(12-27)19(28)14-7-5-4-6-8-14/h4-11,17,19,23,27-28H,3,12H2,1-2H3,(H,25,29)(H,22,24,26). The molecule has 2 atom stereocenters. The van der Waals surface area contributed by atoms with E-state index in [-0.39, 0.29) is 0 Å². The zero-order chi connectivity index (χ0) is 20.8. The maximum atomic E-state index is 12.6. The zero-order valence-corrected chi connectivity index (χ0v) is 16.4. The van der Waals surface area contributed by atoms with E-state index in [0.717, 1.165) is 11.1 Å². The van der Waals surface area contributed by atoms with Gasteiger partial charge in [-0.3, -0.25) is 4.79 Å². The molecule has 8 nitrogen and oxygen atoms in total. The number of benzene rings is 1. The third kappa shape index (κ3) is 4.79. The number of nitrogens with one attached hydrogen (secondary N) is 3. The van der Waals surface area contributed by atoms with Gasteiger partial charge >= 0.3 is 0 Å². The number of hydrogen-bond donors (Lipinski definition) is 5. The lowest BCUT2D eigenvalue weighted by Crippen LogP contribution is -2.42. The van der Waals surface area contributed by atoms with Crippen molar-refractivity contribution in [1.29, 1.82) is 0 Å². The number of nitrogens with zero attached hydrogens (tertiary/aromatic N) is 2. The van der Waals surface area contributed by atoms with Crippen molar-refractivity contribution in [3.63, 3.8) is 0 Å². The molecule has 2 heterocycles. The van der Waals surface area contributed by atoms with Gasteiger partial charge in [0.05, 0.1) is 18.3 Å². The summed E-state index contributed by atoms with van der Waals surface area (Å²) in [4.78, 5) is 24.3. The van der Waals surface area contributed by atoms with Gasteiger partial charge in [-0.05, 0) is 31.0 Å². The minimum absolute atomic E-state index is 0.307. The van der Waals surface area contributed by atoms with Gasteiger partial charge in [0, 0.05) is 24.5 Å². The van der Waals surface area contributed by atoms with Crippen molar-refractivity contribution in [3.8, 4) is 11.3 Å². The first-order valence-corrected chi connectivity index (χ1v) is 9.44. The number of carbonyl (C=O) groups is 1. The molecule has 5 N–H and O–H groups in total.